The zero-order valence-electron chi connectivity index (χ0n) is 15.6. The average Bonchev–Trinajstić information content (AvgIpc) is 2.57. The Morgan fingerprint density at radius 3 is 2.56 bits per heavy atom. The van der Waals surface area contributed by atoms with Gasteiger partial charge in [0.25, 0.3) is 0 Å². The molecule has 2 N–H and O–H groups in total. The van der Waals surface area contributed by atoms with E-state index in [1.807, 2.05) is 0 Å². The predicted octanol–water partition coefficient (Wildman–Crippen LogP) is 3.07. The zero-order chi connectivity index (χ0) is 18.7. The van der Waals surface area contributed by atoms with Crippen molar-refractivity contribution in [3.05, 3.63) is 29.8 Å². The van der Waals surface area contributed by atoms with Crippen molar-refractivity contribution in [2.45, 2.75) is 45.9 Å². The maximum atomic E-state index is 12.4. The average molecular weight is 356 g/mol. The van der Waals surface area contributed by atoms with Crippen LogP contribution in [0.15, 0.2) is 29.3 Å². The first-order chi connectivity index (χ1) is 11.9. The highest BCUT2D eigenvalue weighted by atomic mass is 19.3. The summed E-state index contributed by atoms with van der Waals surface area (Å²) < 4.78 is 29.4. The number of ether oxygens (including phenoxy) is 1. The minimum Gasteiger partial charge on any atom is -0.434 e. The van der Waals surface area contributed by atoms with Gasteiger partial charge in [-0.2, -0.15) is 8.78 Å². The van der Waals surface area contributed by atoms with Crippen LogP contribution in [0.1, 0.15) is 32.3 Å². The second-order valence-corrected chi connectivity index (χ2v) is 6.12. The molecule has 5 nitrogen and oxygen atoms in total. The Kier molecular flexibility index (Phi) is 9.84. The third kappa shape index (κ3) is 8.67. The molecule has 0 radical (unpaired) electrons. The number of halogens is 2. The summed E-state index contributed by atoms with van der Waals surface area (Å²) in [5.41, 5.74) is 0.657. The Labute approximate surface area is 149 Å². The third-order valence-corrected chi connectivity index (χ3v) is 3.97. The van der Waals surface area contributed by atoms with Crippen molar-refractivity contribution in [1.82, 2.24) is 15.5 Å². The molecule has 0 aliphatic carbocycles. The lowest BCUT2D eigenvalue weighted by molar-refractivity contribution is -0.0504. The molecule has 0 bridgehead atoms. The summed E-state index contributed by atoms with van der Waals surface area (Å²) in [5.74, 6) is 0.821. The summed E-state index contributed by atoms with van der Waals surface area (Å²) in [6.45, 7) is 3.75. The van der Waals surface area contributed by atoms with Gasteiger partial charge < -0.3 is 20.3 Å². The lowest BCUT2D eigenvalue weighted by Gasteiger charge is -2.20. The van der Waals surface area contributed by atoms with Crippen molar-refractivity contribution in [3.8, 4) is 5.75 Å². The van der Waals surface area contributed by atoms with Crippen LogP contribution >= 0.6 is 0 Å². The van der Waals surface area contributed by atoms with Crippen LogP contribution < -0.4 is 15.4 Å². The SMILES string of the molecule is CN=C(NCCCCN(C)C(C)C)NCc1ccccc1OC(F)F. The lowest BCUT2D eigenvalue weighted by atomic mass is 10.2. The highest BCUT2D eigenvalue weighted by Gasteiger charge is 2.09. The van der Waals surface area contributed by atoms with Crippen molar-refractivity contribution in [1.29, 1.82) is 0 Å². The molecule has 0 aromatic heterocycles. The van der Waals surface area contributed by atoms with Gasteiger partial charge in [0.05, 0.1) is 0 Å². The molecule has 0 spiro atoms. The van der Waals surface area contributed by atoms with E-state index in [0.29, 0.717) is 24.1 Å². The molecule has 0 unspecified atom stereocenters. The molecule has 0 aliphatic heterocycles. The van der Waals surface area contributed by atoms with E-state index in [9.17, 15) is 8.78 Å². The van der Waals surface area contributed by atoms with E-state index in [2.05, 4.69) is 46.2 Å². The van der Waals surface area contributed by atoms with Crippen LogP contribution in [-0.4, -0.2) is 50.7 Å². The maximum Gasteiger partial charge on any atom is 0.387 e. The van der Waals surface area contributed by atoms with Gasteiger partial charge in [-0.3, -0.25) is 4.99 Å². The van der Waals surface area contributed by atoms with E-state index < -0.39 is 6.61 Å². The molecule has 1 aromatic carbocycles. The van der Waals surface area contributed by atoms with E-state index in [-0.39, 0.29) is 5.75 Å². The van der Waals surface area contributed by atoms with Crippen molar-refractivity contribution in [3.63, 3.8) is 0 Å². The van der Waals surface area contributed by atoms with Gasteiger partial charge in [0.15, 0.2) is 5.96 Å². The number of guanidine groups is 1. The van der Waals surface area contributed by atoms with Gasteiger partial charge in [0, 0.05) is 31.7 Å². The number of hydrogen-bond acceptors (Lipinski definition) is 3. The normalized spacial score (nSPS) is 12.1. The van der Waals surface area contributed by atoms with Crippen LogP contribution in [0.3, 0.4) is 0 Å². The van der Waals surface area contributed by atoms with Gasteiger partial charge in [-0.1, -0.05) is 18.2 Å². The number of benzene rings is 1. The van der Waals surface area contributed by atoms with Crippen LogP contribution in [-0.2, 0) is 6.54 Å². The van der Waals surface area contributed by atoms with Gasteiger partial charge in [0.1, 0.15) is 5.75 Å². The van der Waals surface area contributed by atoms with Crippen LogP contribution in [0, 0.1) is 0 Å². The Balaban J connectivity index is 2.35. The van der Waals surface area contributed by atoms with Crippen molar-refractivity contribution in [2.24, 2.45) is 4.99 Å². The van der Waals surface area contributed by atoms with Crippen LogP contribution in [0.4, 0.5) is 8.78 Å². The molecule has 0 saturated heterocycles. The number of aliphatic imine (C=N–C) groups is 1. The molecule has 0 atom stereocenters. The summed E-state index contributed by atoms with van der Waals surface area (Å²) in [6, 6.07) is 7.29. The van der Waals surface area contributed by atoms with Gasteiger partial charge in [-0.05, 0) is 46.3 Å². The number of nitrogens with one attached hydrogen (secondary N) is 2. The summed E-state index contributed by atoms with van der Waals surface area (Å²) in [6.07, 6.45) is 2.13. The van der Waals surface area contributed by atoms with E-state index in [0.717, 1.165) is 25.9 Å². The van der Waals surface area contributed by atoms with Crippen molar-refractivity contribution in [2.75, 3.05) is 27.2 Å². The summed E-state index contributed by atoms with van der Waals surface area (Å²) in [5, 5.41) is 6.36. The number of unbranched alkanes of at least 4 members (excludes halogenated alkanes) is 1. The predicted molar refractivity (Wildman–Crippen MR) is 98.3 cm³/mol. The molecular formula is C18H30F2N4O. The van der Waals surface area contributed by atoms with Gasteiger partial charge >= 0.3 is 6.61 Å². The van der Waals surface area contributed by atoms with E-state index in [1.54, 1.807) is 25.2 Å². The minimum absolute atomic E-state index is 0.178. The quantitative estimate of drug-likeness (QED) is 0.384. The molecule has 0 saturated carbocycles. The Hall–Kier alpha value is -1.89. The Morgan fingerprint density at radius 1 is 1.20 bits per heavy atom. The monoisotopic (exact) mass is 356 g/mol. The molecule has 25 heavy (non-hydrogen) atoms. The number of rotatable bonds is 10. The smallest absolute Gasteiger partial charge is 0.387 e. The van der Waals surface area contributed by atoms with Gasteiger partial charge in [-0.15, -0.1) is 0 Å². The minimum atomic E-state index is -2.83. The molecule has 0 aliphatic rings. The molecule has 7 heteroatoms. The fraction of sp³-hybridized carbons (Fsp3) is 0.611. The van der Waals surface area contributed by atoms with Gasteiger partial charge in [-0.25, -0.2) is 0 Å². The Morgan fingerprint density at radius 2 is 1.92 bits per heavy atom. The first-order valence-electron chi connectivity index (χ1n) is 8.61. The maximum absolute atomic E-state index is 12.4. The van der Waals surface area contributed by atoms with Crippen LogP contribution in [0.5, 0.6) is 5.75 Å². The summed E-state index contributed by atoms with van der Waals surface area (Å²) in [7, 11) is 3.81. The van der Waals surface area contributed by atoms with E-state index >= 15 is 0 Å². The van der Waals surface area contributed by atoms with E-state index in [1.165, 1.54) is 6.07 Å². The summed E-state index contributed by atoms with van der Waals surface area (Å²) in [4.78, 5) is 6.46. The number of hydrogen-bond donors (Lipinski definition) is 2. The highest BCUT2D eigenvalue weighted by Crippen LogP contribution is 2.19. The summed E-state index contributed by atoms with van der Waals surface area (Å²) >= 11 is 0. The van der Waals surface area contributed by atoms with Gasteiger partial charge in [0.2, 0.25) is 0 Å². The fourth-order valence-corrected chi connectivity index (χ4v) is 2.21. The number of alkyl halides is 2. The van der Waals surface area contributed by atoms with Crippen LogP contribution in [0.2, 0.25) is 0 Å². The number of para-hydroxylation sites is 1. The molecular weight excluding hydrogens is 326 g/mol. The van der Waals surface area contributed by atoms with E-state index in [4.69, 9.17) is 0 Å². The Bertz CT molecular complexity index is 524. The van der Waals surface area contributed by atoms with Crippen LogP contribution in [0.25, 0.3) is 0 Å². The molecule has 0 fully saturated rings. The third-order valence-electron chi connectivity index (χ3n) is 3.97. The second kappa shape index (κ2) is 11.6. The number of nitrogens with zero attached hydrogens (tertiary/aromatic N) is 2. The fourth-order valence-electron chi connectivity index (χ4n) is 2.21. The highest BCUT2D eigenvalue weighted by molar-refractivity contribution is 5.79. The standard InChI is InChI=1S/C18H30F2N4O/c1-14(2)24(4)12-8-7-11-22-18(21-3)23-13-15-9-5-6-10-16(15)25-17(19)20/h5-6,9-10,14,17H,7-8,11-13H2,1-4H3,(H2,21,22,23). The molecule has 142 valence electrons. The first-order valence-corrected chi connectivity index (χ1v) is 8.61. The lowest BCUT2D eigenvalue weighted by Crippen LogP contribution is -2.37. The molecule has 1 aromatic rings. The second-order valence-electron chi connectivity index (χ2n) is 6.12. The molecule has 1 rings (SSSR count). The zero-order valence-corrected chi connectivity index (χ0v) is 15.6. The first kappa shape index (κ1) is 21.2. The largest absolute Gasteiger partial charge is 0.434 e. The molecule has 0 heterocycles. The molecule has 0 amide bonds. The van der Waals surface area contributed by atoms with Crippen molar-refractivity contribution < 1.29 is 13.5 Å². The van der Waals surface area contributed by atoms with Crippen molar-refractivity contribution >= 4 is 5.96 Å². The topological polar surface area (TPSA) is 48.9 Å².